The Bertz CT molecular complexity index is 1320. The first-order valence-electron chi connectivity index (χ1n) is 12.7. The minimum absolute atomic E-state index is 0.0388. The van der Waals surface area contributed by atoms with Gasteiger partial charge < -0.3 is 24.4 Å². The van der Waals surface area contributed by atoms with Crippen molar-refractivity contribution in [2.45, 2.75) is 50.0 Å². The number of hydrogen-bond donors (Lipinski definition) is 1. The molecule has 1 amide bonds. The Hall–Kier alpha value is -3.14. The number of halogens is 3. The van der Waals surface area contributed by atoms with Crippen molar-refractivity contribution in [1.82, 2.24) is 4.90 Å². The predicted molar refractivity (Wildman–Crippen MR) is 151 cm³/mol. The molecule has 3 aliphatic heterocycles. The number of benzene rings is 2. The molecule has 5 rings (SSSR count). The summed E-state index contributed by atoms with van der Waals surface area (Å²) in [6.07, 6.45) is 4.39. The zero-order valence-corrected chi connectivity index (χ0v) is 23.0. The summed E-state index contributed by atoms with van der Waals surface area (Å²) < 4.78 is 32.8. The van der Waals surface area contributed by atoms with Crippen LogP contribution in [0, 0.1) is 5.82 Å². The number of nitrogens with zero attached hydrogens (tertiary/aromatic N) is 3. The van der Waals surface area contributed by atoms with Crippen LogP contribution in [0.3, 0.4) is 0 Å². The number of anilines is 1. The molecule has 8 nitrogen and oxygen atoms in total. The van der Waals surface area contributed by atoms with Gasteiger partial charge in [-0.15, -0.1) is 0 Å². The Morgan fingerprint density at radius 1 is 1.15 bits per heavy atom. The number of amides is 1. The molecule has 0 radical (unpaired) electrons. The van der Waals surface area contributed by atoms with E-state index in [1.54, 1.807) is 19.2 Å². The van der Waals surface area contributed by atoms with Gasteiger partial charge in [-0.05, 0) is 43.8 Å². The van der Waals surface area contributed by atoms with Crippen molar-refractivity contribution in [1.29, 1.82) is 0 Å². The molecule has 39 heavy (non-hydrogen) atoms. The van der Waals surface area contributed by atoms with Crippen molar-refractivity contribution in [3.8, 4) is 11.5 Å². The van der Waals surface area contributed by atoms with Crippen LogP contribution in [0.15, 0.2) is 46.9 Å². The maximum absolute atomic E-state index is 14.8. The fourth-order valence-electron chi connectivity index (χ4n) is 5.38. The largest absolute Gasteiger partial charge is 0.486 e. The third-order valence-corrected chi connectivity index (χ3v) is 8.09. The minimum Gasteiger partial charge on any atom is -0.486 e. The molecule has 2 bridgehead atoms. The molecule has 0 aliphatic carbocycles. The molecule has 3 fully saturated rings. The van der Waals surface area contributed by atoms with Crippen molar-refractivity contribution >= 4 is 53.0 Å². The van der Waals surface area contributed by atoms with Crippen LogP contribution in [0.5, 0.6) is 11.5 Å². The van der Waals surface area contributed by atoms with Gasteiger partial charge in [0.1, 0.15) is 18.0 Å². The summed E-state index contributed by atoms with van der Waals surface area (Å²) in [6, 6.07) is 6.69. The van der Waals surface area contributed by atoms with Gasteiger partial charge in [0, 0.05) is 43.6 Å². The third-order valence-electron chi connectivity index (χ3n) is 7.31. The fraction of sp³-hybridized carbons (Fsp3) is 0.393. The lowest BCUT2D eigenvalue weighted by Gasteiger charge is -2.38. The van der Waals surface area contributed by atoms with E-state index in [0.717, 1.165) is 12.8 Å². The van der Waals surface area contributed by atoms with Crippen LogP contribution in [-0.4, -0.2) is 67.9 Å². The first-order valence-corrected chi connectivity index (χ1v) is 13.5. The summed E-state index contributed by atoms with van der Waals surface area (Å²) in [4.78, 5) is 22.8. The summed E-state index contributed by atoms with van der Waals surface area (Å²) in [7, 11) is 1.57. The summed E-state index contributed by atoms with van der Waals surface area (Å²) in [5.74, 6) is 0.584. The Morgan fingerprint density at radius 2 is 1.82 bits per heavy atom. The van der Waals surface area contributed by atoms with Crippen LogP contribution < -0.4 is 14.8 Å². The van der Waals surface area contributed by atoms with Crippen molar-refractivity contribution in [2.75, 3.05) is 25.6 Å². The summed E-state index contributed by atoms with van der Waals surface area (Å²) in [5.41, 5.74) is 1.11. The number of carbonyl (C=O) groups excluding carboxylic acids is 1. The highest BCUT2D eigenvalue weighted by Gasteiger charge is 2.43. The molecular weight excluding hydrogens is 546 g/mol. The van der Waals surface area contributed by atoms with Gasteiger partial charge in [-0.3, -0.25) is 14.8 Å². The first-order chi connectivity index (χ1) is 18.8. The molecule has 1 N–H and O–H groups in total. The van der Waals surface area contributed by atoms with E-state index < -0.39 is 5.82 Å². The van der Waals surface area contributed by atoms with Crippen LogP contribution in [0.25, 0.3) is 0 Å². The number of aliphatic imine (C=N–C) groups is 2. The number of rotatable bonds is 8. The van der Waals surface area contributed by atoms with E-state index in [-0.39, 0.29) is 45.9 Å². The van der Waals surface area contributed by atoms with Gasteiger partial charge in [0.25, 0.3) is 0 Å². The lowest BCUT2D eigenvalue weighted by Crippen LogP contribution is -2.48. The lowest BCUT2D eigenvalue weighted by molar-refractivity contribution is -0.131. The molecule has 2 aromatic rings. The third kappa shape index (κ3) is 5.48. The highest BCUT2D eigenvalue weighted by molar-refractivity contribution is 6.42. The Labute approximate surface area is 236 Å². The van der Waals surface area contributed by atoms with Crippen LogP contribution in [0.4, 0.5) is 15.8 Å². The number of ether oxygens (including phenoxy) is 3. The van der Waals surface area contributed by atoms with Crippen LogP contribution >= 0.6 is 23.2 Å². The van der Waals surface area contributed by atoms with E-state index in [0.29, 0.717) is 54.6 Å². The maximum Gasteiger partial charge on any atom is 0.246 e. The van der Waals surface area contributed by atoms with E-state index >= 15 is 0 Å². The average molecular weight is 575 g/mol. The van der Waals surface area contributed by atoms with Crippen LogP contribution in [-0.2, 0) is 9.53 Å². The Balaban J connectivity index is 1.46. The second kappa shape index (κ2) is 11.5. The standard InChI is InChI=1S/C28H29Cl2FN4O4/c1-4-25(36)35-15-5-6-16(35)10-17(9-15)38-23-11-19(22(32-2)12-24(23)39-18-13-37-14-18)28(33-3)34-21-8-7-20(29)26(30)27(21)31/h4,7-8,11-12,15-18H,1-2,5-6,9-10,13-14H2,3H3,(H,33,34)/t15-,16+,17?. The minimum atomic E-state index is -0.698. The van der Waals surface area contributed by atoms with Gasteiger partial charge in [-0.25, -0.2) is 4.39 Å². The summed E-state index contributed by atoms with van der Waals surface area (Å²) >= 11 is 12.0. The molecule has 3 aliphatic rings. The zero-order valence-electron chi connectivity index (χ0n) is 21.5. The van der Waals surface area contributed by atoms with Gasteiger partial charge in [-0.2, -0.15) is 0 Å². The number of fused-ring (bicyclic) bond motifs is 2. The van der Waals surface area contributed by atoms with Crippen LogP contribution in [0.1, 0.15) is 31.2 Å². The maximum atomic E-state index is 14.8. The van der Waals surface area contributed by atoms with E-state index in [1.165, 1.54) is 18.2 Å². The predicted octanol–water partition coefficient (Wildman–Crippen LogP) is 5.82. The van der Waals surface area contributed by atoms with Crippen molar-refractivity contribution in [2.24, 2.45) is 9.98 Å². The molecule has 1 unspecified atom stereocenters. The number of hydrogen-bond acceptors (Lipinski definition) is 6. The number of piperidine rings is 1. The molecule has 206 valence electrons. The fourth-order valence-corrected chi connectivity index (χ4v) is 5.69. The van der Waals surface area contributed by atoms with Crippen molar-refractivity contribution < 1.29 is 23.4 Å². The van der Waals surface area contributed by atoms with Gasteiger partial charge in [0.2, 0.25) is 5.91 Å². The van der Waals surface area contributed by atoms with Crippen molar-refractivity contribution in [3.63, 3.8) is 0 Å². The quantitative estimate of drug-likeness (QED) is 0.186. The highest BCUT2D eigenvalue weighted by Crippen LogP contribution is 2.42. The number of carbonyl (C=O) groups is 1. The van der Waals surface area contributed by atoms with Gasteiger partial charge in [0.15, 0.2) is 17.3 Å². The SMILES string of the molecule is C=CC(=O)N1[C@@H]2CC[C@H]1CC(Oc1cc(C(=NC)Nc3ccc(Cl)c(Cl)c3F)c(N=C)cc1OC1COC1)C2. The number of nitrogens with one attached hydrogen (secondary N) is 1. The Kier molecular flexibility index (Phi) is 8.11. The molecule has 0 spiro atoms. The molecule has 3 atom stereocenters. The van der Waals surface area contributed by atoms with E-state index in [1.807, 2.05) is 4.90 Å². The zero-order chi connectivity index (χ0) is 27.7. The van der Waals surface area contributed by atoms with Crippen LogP contribution in [0.2, 0.25) is 10.0 Å². The van der Waals surface area contributed by atoms with Gasteiger partial charge in [0.05, 0.1) is 34.6 Å². The molecular formula is C28H29Cl2FN4O4. The van der Waals surface area contributed by atoms with Crippen molar-refractivity contribution in [3.05, 3.63) is 58.3 Å². The van der Waals surface area contributed by atoms with Gasteiger partial charge in [-0.1, -0.05) is 29.8 Å². The molecule has 0 saturated carbocycles. The molecule has 0 aromatic heterocycles. The Morgan fingerprint density at radius 3 is 2.41 bits per heavy atom. The van der Waals surface area contributed by atoms with E-state index in [9.17, 15) is 9.18 Å². The topological polar surface area (TPSA) is 84.8 Å². The molecule has 3 heterocycles. The molecule has 11 heteroatoms. The monoisotopic (exact) mass is 574 g/mol. The smallest absolute Gasteiger partial charge is 0.246 e. The average Bonchev–Trinajstić information content (AvgIpc) is 3.19. The van der Waals surface area contributed by atoms with Gasteiger partial charge >= 0.3 is 0 Å². The highest BCUT2D eigenvalue weighted by atomic mass is 35.5. The van der Waals surface area contributed by atoms with E-state index in [4.69, 9.17) is 37.4 Å². The summed E-state index contributed by atoms with van der Waals surface area (Å²) in [5, 5.41) is 2.91. The summed E-state index contributed by atoms with van der Waals surface area (Å²) in [6.45, 7) is 8.31. The molecule has 2 aromatic carbocycles. The molecule has 3 saturated heterocycles. The normalized spacial score (nSPS) is 22.7. The second-order valence-corrected chi connectivity index (χ2v) is 10.5. The first kappa shape index (κ1) is 27.4. The lowest BCUT2D eigenvalue weighted by atomic mass is 9.99. The number of amidine groups is 1. The second-order valence-electron chi connectivity index (χ2n) is 9.72. The van der Waals surface area contributed by atoms with E-state index in [2.05, 4.69) is 28.6 Å².